The monoisotopic (exact) mass is 448 g/mol. The van der Waals surface area contributed by atoms with Crippen molar-refractivity contribution < 1.29 is 9.90 Å². The molecule has 0 aliphatic rings. The average molecular weight is 450 g/mol. The van der Waals surface area contributed by atoms with Crippen LogP contribution in [0, 0.1) is 25.2 Å². The first-order valence-corrected chi connectivity index (χ1v) is 8.59. The van der Waals surface area contributed by atoms with Crippen molar-refractivity contribution in [2.45, 2.75) is 13.8 Å². The van der Waals surface area contributed by atoms with Gasteiger partial charge in [-0.2, -0.15) is 5.26 Å². The molecule has 2 N–H and O–H groups in total. The van der Waals surface area contributed by atoms with Gasteiger partial charge < -0.3 is 10.4 Å². The molecule has 2 aromatic rings. The van der Waals surface area contributed by atoms with Gasteiger partial charge in [0.15, 0.2) is 0 Å². The van der Waals surface area contributed by atoms with Crippen molar-refractivity contribution in [3.8, 4) is 11.8 Å². The highest BCUT2D eigenvalue weighted by Crippen LogP contribution is 2.33. The highest BCUT2D eigenvalue weighted by molar-refractivity contribution is 9.11. The minimum Gasteiger partial charge on any atom is -0.506 e. The van der Waals surface area contributed by atoms with Crippen molar-refractivity contribution in [1.82, 2.24) is 0 Å². The van der Waals surface area contributed by atoms with Crippen LogP contribution in [0.2, 0.25) is 0 Å². The smallest absolute Gasteiger partial charge is 0.266 e. The molecule has 0 fully saturated rings. The molecular formula is C18H14Br2N2O2. The summed E-state index contributed by atoms with van der Waals surface area (Å²) < 4.78 is 1.18. The third kappa shape index (κ3) is 4.25. The molecule has 0 unspecified atom stereocenters. The Hall–Kier alpha value is -2.10. The van der Waals surface area contributed by atoms with E-state index in [1.54, 1.807) is 18.2 Å². The lowest BCUT2D eigenvalue weighted by Gasteiger charge is -2.09. The maximum Gasteiger partial charge on any atom is 0.266 e. The predicted molar refractivity (Wildman–Crippen MR) is 102 cm³/mol. The minimum atomic E-state index is -0.528. The summed E-state index contributed by atoms with van der Waals surface area (Å²) in [5, 5.41) is 22.1. The predicted octanol–water partition coefficient (Wildman–Crippen LogP) is 5.08. The Balaban J connectivity index is 2.34. The van der Waals surface area contributed by atoms with E-state index < -0.39 is 5.91 Å². The number of amides is 1. The zero-order chi connectivity index (χ0) is 17.9. The zero-order valence-electron chi connectivity index (χ0n) is 13.0. The Bertz CT molecular complexity index is 883. The molecule has 24 heavy (non-hydrogen) atoms. The number of carbonyl (C=O) groups is 1. The first-order valence-electron chi connectivity index (χ1n) is 7.00. The van der Waals surface area contributed by atoms with Gasteiger partial charge in [0.1, 0.15) is 17.4 Å². The molecule has 2 aromatic carbocycles. The summed E-state index contributed by atoms with van der Waals surface area (Å²) in [6.45, 7) is 3.85. The number of hydrogen-bond acceptors (Lipinski definition) is 3. The van der Waals surface area contributed by atoms with E-state index in [-0.39, 0.29) is 11.3 Å². The summed E-state index contributed by atoms with van der Waals surface area (Å²) in [5.41, 5.74) is 2.91. The molecule has 0 spiro atoms. The number of aryl methyl sites for hydroxylation is 2. The van der Waals surface area contributed by atoms with Crippen molar-refractivity contribution in [3.05, 3.63) is 61.5 Å². The van der Waals surface area contributed by atoms with E-state index in [0.29, 0.717) is 20.2 Å². The van der Waals surface area contributed by atoms with Gasteiger partial charge in [0, 0.05) is 15.7 Å². The summed E-state index contributed by atoms with van der Waals surface area (Å²) in [7, 11) is 0. The van der Waals surface area contributed by atoms with Crippen molar-refractivity contribution in [3.63, 3.8) is 0 Å². The van der Waals surface area contributed by atoms with Gasteiger partial charge in [0.05, 0.1) is 4.47 Å². The molecule has 122 valence electrons. The van der Waals surface area contributed by atoms with Crippen LogP contribution in [-0.2, 0) is 4.79 Å². The van der Waals surface area contributed by atoms with Crippen LogP contribution in [0.4, 0.5) is 5.69 Å². The second-order valence-corrected chi connectivity index (χ2v) is 7.04. The molecule has 4 nitrogen and oxygen atoms in total. The van der Waals surface area contributed by atoms with Gasteiger partial charge in [0.25, 0.3) is 5.91 Å². The molecule has 0 saturated carbocycles. The van der Waals surface area contributed by atoms with Gasteiger partial charge >= 0.3 is 0 Å². The van der Waals surface area contributed by atoms with E-state index in [0.717, 1.165) is 11.1 Å². The highest BCUT2D eigenvalue weighted by atomic mass is 79.9. The van der Waals surface area contributed by atoms with Crippen LogP contribution in [0.1, 0.15) is 16.7 Å². The van der Waals surface area contributed by atoms with Crippen LogP contribution < -0.4 is 5.32 Å². The van der Waals surface area contributed by atoms with Crippen molar-refractivity contribution >= 4 is 49.5 Å². The Kier molecular flexibility index (Phi) is 5.81. The lowest BCUT2D eigenvalue weighted by Crippen LogP contribution is -2.14. The fourth-order valence-electron chi connectivity index (χ4n) is 2.14. The van der Waals surface area contributed by atoms with E-state index >= 15 is 0 Å². The van der Waals surface area contributed by atoms with Gasteiger partial charge in [-0.25, -0.2) is 0 Å². The number of nitriles is 1. The van der Waals surface area contributed by atoms with Crippen molar-refractivity contribution in [2.24, 2.45) is 0 Å². The lowest BCUT2D eigenvalue weighted by molar-refractivity contribution is -0.112. The molecule has 2 rings (SSSR count). The fraction of sp³-hybridized carbons (Fsp3) is 0.111. The topological polar surface area (TPSA) is 73.1 Å². The van der Waals surface area contributed by atoms with E-state index in [9.17, 15) is 15.2 Å². The molecule has 0 atom stereocenters. The van der Waals surface area contributed by atoms with E-state index in [1.807, 2.05) is 32.0 Å². The molecule has 0 saturated heterocycles. The van der Waals surface area contributed by atoms with Gasteiger partial charge in [-0.15, -0.1) is 0 Å². The van der Waals surface area contributed by atoms with Crippen LogP contribution in [0.3, 0.4) is 0 Å². The molecule has 1 amide bonds. The molecule has 0 aromatic heterocycles. The summed E-state index contributed by atoms with van der Waals surface area (Å²) in [4.78, 5) is 12.4. The second-order valence-electron chi connectivity index (χ2n) is 5.27. The zero-order valence-corrected chi connectivity index (χ0v) is 16.2. The SMILES string of the molecule is Cc1ccc(NC(=O)/C(C#N)=C\c2cc(Br)cc(Br)c2O)c(C)c1. The van der Waals surface area contributed by atoms with E-state index in [1.165, 1.54) is 6.08 Å². The normalized spacial score (nSPS) is 11.0. The molecular weight excluding hydrogens is 436 g/mol. The third-order valence-corrected chi connectivity index (χ3v) is 4.42. The molecule has 6 heteroatoms. The number of anilines is 1. The Labute approximate surface area is 157 Å². The number of hydrogen-bond donors (Lipinski definition) is 2. The molecule has 0 bridgehead atoms. The number of phenols is 1. The number of nitrogens with zero attached hydrogens (tertiary/aromatic N) is 1. The number of halogens is 2. The fourth-order valence-corrected chi connectivity index (χ4v) is 3.40. The number of aromatic hydroxyl groups is 1. The standard InChI is InChI=1S/C18H14Br2N2O2/c1-10-3-4-16(11(2)5-10)22-18(24)13(9-21)6-12-7-14(19)8-15(20)17(12)23/h3-8,23H,1-2H3,(H,22,24)/b13-6-. The maximum atomic E-state index is 12.4. The van der Waals surface area contributed by atoms with E-state index in [2.05, 4.69) is 37.2 Å². The molecule has 0 aliphatic heterocycles. The number of benzene rings is 2. The quantitative estimate of drug-likeness (QED) is 0.506. The summed E-state index contributed by atoms with van der Waals surface area (Å²) in [6.07, 6.45) is 1.35. The van der Waals surface area contributed by atoms with Crippen molar-refractivity contribution in [1.29, 1.82) is 5.26 Å². The number of rotatable bonds is 3. The average Bonchev–Trinajstić information content (AvgIpc) is 2.51. The van der Waals surface area contributed by atoms with Gasteiger partial charge in [-0.1, -0.05) is 33.6 Å². The van der Waals surface area contributed by atoms with Crippen LogP contribution in [0.5, 0.6) is 5.75 Å². The first kappa shape index (κ1) is 18.2. The lowest BCUT2D eigenvalue weighted by atomic mass is 10.1. The Morgan fingerprint density at radius 1 is 1.25 bits per heavy atom. The van der Waals surface area contributed by atoms with E-state index in [4.69, 9.17) is 0 Å². The summed E-state index contributed by atoms with van der Waals surface area (Å²) in [5.74, 6) is -0.565. The van der Waals surface area contributed by atoms with Gasteiger partial charge in [-0.3, -0.25) is 4.79 Å². The Morgan fingerprint density at radius 3 is 2.58 bits per heavy atom. The Morgan fingerprint density at radius 2 is 1.96 bits per heavy atom. The summed E-state index contributed by atoms with van der Waals surface area (Å²) in [6, 6.07) is 10.8. The third-order valence-electron chi connectivity index (χ3n) is 3.35. The number of nitrogens with one attached hydrogen (secondary N) is 1. The van der Waals surface area contributed by atoms with Crippen LogP contribution >= 0.6 is 31.9 Å². The van der Waals surface area contributed by atoms with Crippen LogP contribution in [-0.4, -0.2) is 11.0 Å². The minimum absolute atomic E-state index is 0.0368. The van der Waals surface area contributed by atoms with Gasteiger partial charge in [0.2, 0.25) is 0 Å². The van der Waals surface area contributed by atoms with Crippen molar-refractivity contribution in [2.75, 3.05) is 5.32 Å². The largest absolute Gasteiger partial charge is 0.506 e. The van der Waals surface area contributed by atoms with Crippen LogP contribution in [0.25, 0.3) is 6.08 Å². The highest BCUT2D eigenvalue weighted by Gasteiger charge is 2.13. The molecule has 0 heterocycles. The number of carbonyl (C=O) groups excluding carboxylic acids is 1. The molecule has 0 radical (unpaired) electrons. The molecule has 0 aliphatic carbocycles. The summed E-state index contributed by atoms with van der Waals surface area (Å²) >= 11 is 6.54. The van der Waals surface area contributed by atoms with Crippen LogP contribution in [0.15, 0.2) is 44.9 Å². The van der Waals surface area contributed by atoms with Gasteiger partial charge in [-0.05, 0) is 59.6 Å². The maximum absolute atomic E-state index is 12.4. The first-order chi connectivity index (χ1) is 11.3. The number of phenolic OH excluding ortho intramolecular Hbond substituents is 1. The second kappa shape index (κ2) is 7.65.